The van der Waals surface area contributed by atoms with Gasteiger partial charge in [0.25, 0.3) is 5.91 Å². The smallest absolute Gasteiger partial charge is 0.259 e. The molecular weight excluding hydrogens is 306 g/mol. The van der Waals surface area contributed by atoms with E-state index in [2.05, 4.69) is 5.32 Å². The molecule has 0 spiro atoms. The Morgan fingerprint density at radius 2 is 1.62 bits per heavy atom. The van der Waals surface area contributed by atoms with E-state index in [4.69, 9.17) is 9.47 Å². The van der Waals surface area contributed by atoms with Crippen LogP contribution < -0.4 is 14.8 Å². The van der Waals surface area contributed by atoms with Gasteiger partial charge in [0.2, 0.25) is 0 Å². The third kappa shape index (κ3) is 2.60. The molecular formula is C19H15NO4. The zero-order valence-corrected chi connectivity index (χ0v) is 12.8. The van der Waals surface area contributed by atoms with E-state index >= 15 is 0 Å². The zero-order chi connectivity index (χ0) is 16.5. The molecule has 4 rings (SSSR count). The Labute approximate surface area is 138 Å². The Bertz CT molecular complexity index is 936. The maximum Gasteiger partial charge on any atom is 0.259 e. The summed E-state index contributed by atoms with van der Waals surface area (Å²) in [4.78, 5) is 12.5. The van der Waals surface area contributed by atoms with Crippen molar-refractivity contribution >= 4 is 22.4 Å². The van der Waals surface area contributed by atoms with Gasteiger partial charge in [-0.3, -0.25) is 4.79 Å². The summed E-state index contributed by atoms with van der Waals surface area (Å²) < 4.78 is 11.0. The molecule has 120 valence electrons. The molecule has 0 aromatic heterocycles. The number of ether oxygens (including phenoxy) is 2. The summed E-state index contributed by atoms with van der Waals surface area (Å²) in [5.74, 6) is 0.827. The molecule has 5 nitrogen and oxygen atoms in total. The lowest BCUT2D eigenvalue weighted by molar-refractivity contribution is 0.102. The summed E-state index contributed by atoms with van der Waals surface area (Å²) in [6, 6.07) is 16.0. The van der Waals surface area contributed by atoms with Crippen molar-refractivity contribution in [2.75, 3.05) is 18.5 Å². The van der Waals surface area contributed by atoms with Crippen molar-refractivity contribution in [1.29, 1.82) is 0 Å². The number of anilines is 1. The van der Waals surface area contributed by atoms with Gasteiger partial charge < -0.3 is 19.9 Å². The summed E-state index contributed by atoms with van der Waals surface area (Å²) in [6.07, 6.45) is 0. The van der Waals surface area contributed by atoms with Crippen LogP contribution in [-0.2, 0) is 0 Å². The molecule has 0 radical (unpaired) electrons. The van der Waals surface area contributed by atoms with Gasteiger partial charge in [0, 0.05) is 11.8 Å². The van der Waals surface area contributed by atoms with Crippen molar-refractivity contribution in [3.63, 3.8) is 0 Å². The third-order valence-corrected chi connectivity index (χ3v) is 3.91. The van der Waals surface area contributed by atoms with E-state index in [0.29, 0.717) is 30.4 Å². The van der Waals surface area contributed by atoms with E-state index < -0.39 is 0 Å². The van der Waals surface area contributed by atoms with Crippen molar-refractivity contribution in [2.45, 2.75) is 0 Å². The molecule has 5 heteroatoms. The normalized spacial score (nSPS) is 12.8. The molecule has 1 amide bonds. The van der Waals surface area contributed by atoms with Crippen molar-refractivity contribution in [2.24, 2.45) is 0 Å². The van der Waals surface area contributed by atoms with Crippen LogP contribution in [0.2, 0.25) is 0 Å². The Morgan fingerprint density at radius 3 is 2.42 bits per heavy atom. The van der Waals surface area contributed by atoms with Crippen LogP contribution in [0.25, 0.3) is 10.8 Å². The lowest BCUT2D eigenvalue weighted by Crippen LogP contribution is -2.16. The summed E-state index contributed by atoms with van der Waals surface area (Å²) >= 11 is 0. The van der Waals surface area contributed by atoms with Gasteiger partial charge in [-0.2, -0.15) is 0 Å². The van der Waals surface area contributed by atoms with Gasteiger partial charge in [-0.25, -0.2) is 0 Å². The Morgan fingerprint density at radius 1 is 0.917 bits per heavy atom. The average molecular weight is 321 g/mol. The van der Waals surface area contributed by atoms with Crippen molar-refractivity contribution in [3.05, 3.63) is 60.2 Å². The third-order valence-electron chi connectivity index (χ3n) is 3.91. The highest BCUT2D eigenvalue weighted by Gasteiger charge is 2.15. The monoisotopic (exact) mass is 321 g/mol. The van der Waals surface area contributed by atoms with Gasteiger partial charge in [0.15, 0.2) is 11.5 Å². The fraction of sp³-hybridized carbons (Fsp3) is 0.105. The van der Waals surface area contributed by atoms with E-state index in [-0.39, 0.29) is 17.2 Å². The molecule has 0 bridgehead atoms. The van der Waals surface area contributed by atoms with E-state index in [1.54, 1.807) is 30.3 Å². The number of phenols is 1. The predicted molar refractivity (Wildman–Crippen MR) is 91.0 cm³/mol. The first kappa shape index (κ1) is 14.4. The number of fused-ring (bicyclic) bond motifs is 2. The molecule has 3 aromatic rings. The number of rotatable bonds is 2. The minimum absolute atomic E-state index is 0.0521. The lowest BCUT2D eigenvalue weighted by Gasteiger charge is -2.19. The zero-order valence-electron chi connectivity index (χ0n) is 12.8. The molecule has 0 saturated carbocycles. The number of carbonyl (C=O) groups is 1. The highest BCUT2D eigenvalue weighted by Crippen LogP contribution is 2.33. The number of aromatic hydroxyl groups is 1. The van der Waals surface area contributed by atoms with Crippen LogP contribution in [0.5, 0.6) is 17.2 Å². The van der Waals surface area contributed by atoms with Crippen LogP contribution >= 0.6 is 0 Å². The van der Waals surface area contributed by atoms with Crippen LogP contribution in [0.3, 0.4) is 0 Å². The van der Waals surface area contributed by atoms with Gasteiger partial charge in [-0.1, -0.05) is 24.3 Å². The molecule has 2 N–H and O–H groups in total. The van der Waals surface area contributed by atoms with E-state index in [1.165, 1.54) is 0 Å². The predicted octanol–water partition coefficient (Wildman–Crippen LogP) is 3.57. The SMILES string of the molecule is O=C(Nc1ccc2c(c1)OCCO2)c1cc2ccccc2cc1O. The second kappa shape index (κ2) is 5.77. The Kier molecular flexibility index (Phi) is 3.46. The summed E-state index contributed by atoms with van der Waals surface area (Å²) in [5, 5.41) is 14.7. The quantitative estimate of drug-likeness (QED) is 0.757. The highest BCUT2D eigenvalue weighted by molar-refractivity contribution is 6.08. The topological polar surface area (TPSA) is 67.8 Å². The number of hydrogen-bond donors (Lipinski definition) is 2. The van der Waals surface area contributed by atoms with Crippen LogP contribution in [0.4, 0.5) is 5.69 Å². The van der Waals surface area contributed by atoms with E-state index in [0.717, 1.165) is 10.8 Å². The number of hydrogen-bond acceptors (Lipinski definition) is 4. The molecule has 1 heterocycles. The van der Waals surface area contributed by atoms with Gasteiger partial charge in [-0.15, -0.1) is 0 Å². The van der Waals surface area contributed by atoms with E-state index in [1.807, 2.05) is 24.3 Å². The number of nitrogens with one attached hydrogen (secondary N) is 1. The minimum Gasteiger partial charge on any atom is -0.507 e. The fourth-order valence-electron chi connectivity index (χ4n) is 2.73. The van der Waals surface area contributed by atoms with Crippen LogP contribution in [-0.4, -0.2) is 24.2 Å². The first-order chi connectivity index (χ1) is 11.7. The average Bonchev–Trinajstić information content (AvgIpc) is 2.61. The Hall–Kier alpha value is -3.21. The number of amides is 1. The fourth-order valence-corrected chi connectivity index (χ4v) is 2.73. The molecule has 3 aromatic carbocycles. The van der Waals surface area contributed by atoms with Gasteiger partial charge in [0.1, 0.15) is 19.0 Å². The number of carbonyl (C=O) groups excluding carboxylic acids is 1. The Balaban J connectivity index is 1.63. The summed E-state index contributed by atoms with van der Waals surface area (Å²) in [5.41, 5.74) is 0.806. The van der Waals surface area contributed by atoms with Crippen molar-refractivity contribution in [1.82, 2.24) is 0 Å². The standard InChI is InChI=1S/C19H15NO4/c21-16-10-13-4-2-1-3-12(13)9-15(16)19(22)20-14-5-6-17-18(11-14)24-8-7-23-17/h1-6,9-11,21H,7-8H2,(H,20,22). The molecule has 0 saturated heterocycles. The molecule has 0 aliphatic carbocycles. The van der Waals surface area contributed by atoms with Crippen molar-refractivity contribution in [3.8, 4) is 17.2 Å². The first-order valence-corrected chi connectivity index (χ1v) is 7.63. The highest BCUT2D eigenvalue weighted by atomic mass is 16.6. The molecule has 0 unspecified atom stereocenters. The van der Waals surface area contributed by atoms with Gasteiger partial charge in [-0.05, 0) is 35.0 Å². The summed E-state index contributed by atoms with van der Waals surface area (Å²) in [6.45, 7) is 1.000. The molecule has 24 heavy (non-hydrogen) atoms. The van der Waals surface area contributed by atoms with Crippen LogP contribution in [0, 0.1) is 0 Å². The number of phenolic OH excluding ortho intramolecular Hbond substituents is 1. The van der Waals surface area contributed by atoms with Gasteiger partial charge >= 0.3 is 0 Å². The van der Waals surface area contributed by atoms with E-state index in [9.17, 15) is 9.90 Å². The summed E-state index contributed by atoms with van der Waals surface area (Å²) in [7, 11) is 0. The molecule has 1 aliphatic heterocycles. The second-order valence-electron chi connectivity index (χ2n) is 5.53. The van der Waals surface area contributed by atoms with Gasteiger partial charge in [0.05, 0.1) is 5.56 Å². The lowest BCUT2D eigenvalue weighted by atomic mass is 10.1. The molecule has 0 atom stereocenters. The largest absolute Gasteiger partial charge is 0.507 e. The second-order valence-corrected chi connectivity index (χ2v) is 5.53. The molecule has 1 aliphatic rings. The maximum absolute atomic E-state index is 12.5. The molecule has 0 fully saturated rings. The minimum atomic E-state index is -0.380. The van der Waals surface area contributed by atoms with Crippen molar-refractivity contribution < 1.29 is 19.4 Å². The first-order valence-electron chi connectivity index (χ1n) is 7.63. The van der Waals surface area contributed by atoms with Crippen LogP contribution in [0.15, 0.2) is 54.6 Å². The van der Waals surface area contributed by atoms with Crippen LogP contribution in [0.1, 0.15) is 10.4 Å². The maximum atomic E-state index is 12.5. The number of benzene rings is 3.